The number of halogens is 6. The van der Waals surface area contributed by atoms with Crippen molar-refractivity contribution < 1.29 is 35.9 Å². The summed E-state index contributed by atoms with van der Waals surface area (Å²) >= 11 is 0. The van der Waals surface area contributed by atoms with Gasteiger partial charge in [0.05, 0.1) is 17.2 Å². The molecule has 252 valence electrons. The molecule has 4 aromatic rings. The van der Waals surface area contributed by atoms with Crippen LogP contribution in [-0.2, 0) is 17.1 Å². The molecule has 4 aromatic carbocycles. The summed E-state index contributed by atoms with van der Waals surface area (Å²) in [5, 5.41) is 2.88. The third kappa shape index (κ3) is 8.45. The van der Waals surface area contributed by atoms with Gasteiger partial charge < -0.3 is 10.2 Å². The molecule has 4 nitrogen and oxygen atoms in total. The van der Waals surface area contributed by atoms with Crippen molar-refractivity contribution >= 4 is 17.5 Å². The summed E-state index contributed by atoms with van der Waals surface area (Å²) in [6.07, 6.45) is -4.74. The highest BCUT2D eigenvalue weighted by Crippen LogP contribution is 2.38. The van der Waals surface area contributed by atoms with E-state index in [1.54, 1.807) is 60.7 Å². The first-order valence-corrected chi connectivity index (χ1v) is 15.9. The van der Waals surface area contributed by atoms with Gasteiger partial charge in [-0.15, -0.1) is 0 Å². The number of anilines is 1. The number of nitrogens with zero attached hydrogens (tertiary/aromatic N) is 1. The lowest BCUT2D eigenvalue weighted by Gasteiger charge is -2.35. The maximum Gasteiger partial charge on any atom is 0.416 e. The zero-order valence-corrected chi connectivity index (χ0v) is 26.3. The molecule has 1 saturated carbocycles. The Morgan fingerprint density at radius 1 is 0.729 bits per heavy atom. The predicted molar refractivity (Wildman–Crippen MR) is 173 cm³/mol. The van der Waals surface area contributed by atoms with E-state index < -0.39 is 52.8 Å². The van der Waals surface area contributed by atoms with Gasteiger partial charge in [0, 0.05) is 30.6 Å². The van der Waals surface area contributed by atoms with E-state index in [9.17, 15) is 35.9 Å². The number of hydrogen-bond donors (Lipinski definition) is 1. The lowest BCUT2D eigenvalue weighted by Crippen LogP contribution is -2.43. The lowest BCUT2D eigenvalue weighted by atomic mass is 9.82. The van der Waals surface area contributed by atoms with Crippen molar-refractivity contribution in [2.75, 3.05) is 12.4 Å². The van der Waals surface area contributed by atoms with Crippen molar-refractivity contribution in [1.29, 1.82) is 0 Å². The average Bonchev–Trinajstić information content (AvgIpc) is 3.08. The molecule has 2 amide bonds. The molecule has 1 aliphatic carbocycles. The minimum absolute atomic E-state index is 0.0159. The number of amides is 2. The van der Waals surface area contributed by atoms with Gasteiger partial charge in [-0.05, 0) is 65.8 Å². The normalized spacial score (nSPS) is 14.8. The molecular formula is C38H36F6N2O2. The van der Waals surface area contributed by atoms with Gasteiger partial charge in [0.2, 0.25) is 5.91 Å². The Balaban J connectivity index is 1.51. The quantitative estimate of drug-likeness (QED) is 0.181. The number of carbonyl (C=O) groups is 2. The van der Waals surface area contributed by atoms with Crippen LogP contribution in [0.4, 0.5) is 32.0 Å². The summed E-state index contributed by atoms with van der Waals surface area (Å²) in [6, 6.07) is 25.3. The van der Waals surface area contributed by atoms with Crippen molar-refractivity contribution in [2.24, 2.45) is 0 Å². The maximum absolute atomic E-state index is 13.9. The van der Waals surface area contributed by atoms with Gasteiger partial charge in [0.1, 0.15) is 0 Å². The molecule has 1 unspecified atom stereocenters. The standard InChI is InChI=1S/C38H36F6N2O2/c1-46(36(48)29-21-30(37(39,40)41)23-31(22-29)38(42,43)44)33(35(27-13-7-3-8-14-27)28-15-9-4-10-16-28)24-34(47)45-32-19-17-26(18-20-32)25-11-5-2-6-12-25/h3-4,7-10,13-23,25,33,35H,2,5-6,11-12,24H2,1H3,(H,45,47). The second-order valence-electron chi connectivity index (χ2n) is 12.3. The van der Waals surface area contributed by atoms with E-state index in [2.05, 4.69) is 5.32 Å². The van der Waals surface area contributed by atoms with Gasteiger partial charge in [-0.3, -0.25) is 9.59 Å². The number of rotatable bonds is 9. The topological polar surface area (TPSA) is 49.4 Å². The van der Waals surface area contributed by atoms with Gasteiger partial charge in [-0.1, -0.05) is 92.1 Å². The van der Waals surface area contributed by atoms with Crippen LogP contribution in [0, 0.1) is 0 Å². The Kier molecular flexibility index (Phi) is 10.6. The summed E-state index contributed by atoms with van der Waals surface area (Å²) in [6.45, 7) is 0. The molecule has 1 fully saturated rings. The van der Waals surface area contributed by atoms with E-state index in [4.69, 9.17) is 0 Å². The molecule has 0 heterocycles. The van der Waals surface area contributed by atoms with Crippen molar-refractivity contribution in [3.63, 3.8) is 0 Å². The van der Waals surface area contributed by atoms with Gasteiger partial charge in [-0.25, -0.2) is 0 Å². The van der Waals surface area contributed by atoms with Crippen LogP contribution in [0.2, 0.25) is 0 Å². The SMILES string of the molecule is CN(C(=O)c1cc(C(F)(F)F)cc(C(F)(F)F)c1)C(CC(=O)Nc1ccc(C2CCCCC2)cc1)C(c1ccccc1)c1ccccc1. The summed E-state index contributed by atoms with van der Waals surface area (Å²) in [5.74, 6) is -1.74. The summed E-state index contributed by atoms with van der Waals surface area (Å²) in [4.78, 5) is 28.6. The number of likely N-dealkylation sites (N-methyl/N-ethyl adjacent to an activating group) is 1. The Hall–Kier alpha value is -4.60. The average molecular weight is 667 g/mol. The van der Waals surface area contributed by atoms with E-state index in [0.717, 1.165) is 17.7 Å². The second kappa shape index (κ2) is 14.7. The Labute approximate surface area is 275 Å². The Bertz CT molecular complexity index is 1610. The van der Waals surface area contributed by atoms with Crippen LogP contribution in [0.15, 0.2) is 103 Å². The molecule has 0 saturated heterocycles. The van der Waals surface area contributed by atoms with E-state index in [0.29, 0.717) is 34.9 Å². The van der Waals surface area contributed by atoms with Crippen LogP contribution in [0.3, 0.4) is 0 Å². The second-order valence-corrected chi connectivity index (χ2v) is 12.3. The van der Waals surface area contributed by atoms with Gasteiger partial charge in [-0.2, -0.15) is 26.3 Å². The smallest absolute Gasteiger partial charge is 0.337 e. The zero-order valence-electron chi connectivity index (χ0n) is 26.3. The van der Waals surface area contributed by atoms with Gasteiger partial charge >= 0.3 is 12.4 Å². The molecule has 0 aliphatic heterocycles. The minimum atomic E-state index is -5.13. The summed E-state index contributed by atoms with van der Waals surface area (Å²) in [7, 11) is 1.30. The van der Waals surface area contributed by atoms with E-state index in [-0.39, 0.29) is 12.5 Å². The van der Waals surface area contributed by atoms with Crippen LogP contribution >= 0.6 is 0 Å². The molecule has 5 rings (SSSR count). The molecule has 48 heavy (non-hydrogen) atoms. The van der Waals surface area contributed by atoms with Crippen molar-refractivity contribution in [1.82, 2.24) is 4.90 Å². The maximum atomic E-state index is 13.9. The van der Waals surface area contributed by atoms with Crippen molar-refractivity contribution in [3.8, 4) is 0 Å². The first kappa shape index (κ1) is 34.7. The van der Waals surface area contributed by atoms with E-state index in [1.807, 2.05) is 24.3 Å². The molecular weight excluding hydrogens is 630 g/mol. The fourth-order valence-corrected chi connectivity index (χ4v) is 6.55. The van der Waals surface area contributed by atoms with Gasteiger partial charge in [0.15, 0.2) is 0 Å². The van der Waals surface area contributed by atoms with E-state index >= 15 is 0 Å². The van der Waals surface area contributed by atoms with E-state index in [1.165, 1.54) is 31.9 Å². The third-order valence-corrected chi connectivity index (χ3v) is 9.02. The molecule has 0 bridgehead atoms. The molecule has 1 N–H and O–H groups in total. The fourth-order valence-electron chi connectivity index (χ4n) is 6.55. The molecule has 1 atom stereocenters. The molecule has 10 heteroatoms. The number of carbonyl (C=O) groups excluding carboxylic acids is 2. The van der Waals surface area contributed by atoms with Crippen LogP contribution in [-0.4, -0.2) is 29.8 Å². The fraction of sp³-hybridized carbons (Fsp3) is 0.316. The predicted octanol–water partition coefficient (Wildman–Crippen LogP) is 10.1. The summed E-state index contributed by atoms with van der Waals surface area (Å²) < 4.78 is 82.2. The highest BCUT2D eigenvalue weighted by Gasteiger charge is 2.39. The first-order valence-electron chi connectivity index (χ1n) is 15.9. The van der Waals surface area contributed by atoms with Crippen LogP contribution < -0.4 is 5.32 Å². The van der Waals surface area contributed by atoms with Gasteiger partial charge in [0.25, 0.3) is 5.91 Å². The Morgan fingerprint density at radius 2 is 1.23 bits per heavy atom. The summed E-state index contributed by atoms with van der Waals surface area (Å²) in [5.41, 5.74) is -0.830. The molecule has 1 aliphatic rings. The van der Waals surface area contributed by atoms with Crippen LogP contribution in [0.25, 0.3) is 0 Å². The van der Waals surface area contributed by atoms with Crippen molar-refractivity contribution in [3.05, 3.63) is 137 Å². The lowest BCUT2D eigenvalue weighted by molar-refractivity contribution is -0.143. The largest absolute Gasteiger partial charge is 0.416 e. The number of alkyl halides is 6. The zero-order chi connectivity index (χ0) is 34.5. The molecule has 0 aromatic heterocycles. The molecule has 0 spiro atoms. The number of benzene rings is 4. The third-order valence-electron chi connectivity index (χ3n) is 9.02. The first-order chi connectivity index (χ1) is 22.8. The monoisotopic (exact) mass is 666 g/mol. The number of nitrogens with one attached hydrogen (secondary N) is 1. The highest BCUT2D eigenvalue weighted by molar-refractivity contribution is 5.96. The minimum Gasteiger partial charge on any atom is -0.337 e. The van der Waals surface area contributed by atoms with Crippen molar-refractivity contribution in [2.45, 2.75) is 68.8 Å². The van der Waals surface area contributed by atoms with Crippen LogP contribution in [0.5, 0.6) is 0 Å². The Morgan fingerprint density at radius 3 is 1.71 bits per heavy atom. The van der Waals surface area contributed by atoms with Crippen LogP contribution in [0.1, 0.15) is 88.5 Å². The highest BCUT2D eigenvalue weighted by atomic mass is 19.4. The number of hydrogen-bond acceptors (Lipinski definition) is 2. The molecule has 0 radical (unpaired) electrons.